The van der Waals surface area contributed by atoms with Crippen LogP contribution in [-0.4, -0.2) is 35.4 Å². The molecule has 0 amide bonds. The molecule has 1 aromatic heterocycles. The Bertz CT molecular complexity index is 418. The van der Waals surface area contributed by atoms with Crippen LogP contribution in [0.2, 0.25) is 0 Å². The SMILES string of the molecule is CCCn1ccn(CC(NC)C2CCOC2)c1=O. The molecule has 5 nitrogen and oxygen atoms in total. The maximum Gasteiger partial charge on any atom is 0.328 e. The molecule has 2 atom stereocenters. The van der Waals surface area contributed by atoms with E-state index < -0.39 is 0 Å². The van der Waals surface area contributed by atoms with Crippen LogP contribution in [0, 0.1) is 5.92 Å². The standard InChI is InChI=1S/C13H23N3O2/c1-3-5-15-6-7-16(13(15)17)9-12(14-2)11-4-8-18-10-11/h6-7,11-12,14H,3-5,8-10H2,1-2H3. The van der Waals surface area contributed by atoms with Crippen molar-refractivity contribution in [1.29, 1.82) is 0 Å². The van der Waals surface area contributed by atoms with Gasteiger partial charge in [-0.2, -0.15) is 0 Å². The van der Waals surface area contributed by atoms with Crippen LogP contribution in [0.5, 0.6) is 0 Å². The van der Waals surface area contributed by atoms with Gasteiger partial charge in [-0.05, 0) is 19.9 Å². The predicted octanol–water partition coefficient (Wildman–Crippen LogP) is 0.684. The fourth-order valence-electron chi connectivity index (χ4n) is 2.56. The molecule has 1 aliphatic heterocycles. The molecule has 2 rings (SSSR count). The summed E-state index contributed by atoms with van der Waals surface area (Å²) < 4.78 is 9.00. The van der Waals surface area contributed by atoms with E-state index >= 15 is 0 Å². The highest BCUT2D eigenvalue weighted by molar-refractivity contribution is 4.86. The van der Waals surface area contributed by atoms with Crippen LogP contribution < -0.4 is 11.0 Å². The second-order valence-corrected chi connectivity index (χ2v) is 4.95. The molecule has 5 heteroatoms. The molecule has 1 saturated heterocycles. The molecule has 2 heterocycles. The molecule has 0 bridgehead atoms. The van der Waals surface area contributed by atoms with E-state index in [2.05, 4.69) is 12.2 Å². The van der Waals surface area contributed by atoms with E-state index in [4.69, 9.17) is 4.74 Å². The minimum atomic E-state index is 0.0935. The summed E-state index contributed by atoms with van der Waals surface area (Å²) in [5.41, 5.74) is 0.0935. The average molecular weight is 253 g/mol. The quantitative estimate of drug-likeness (QED) is 0.811. The van der Waals surface area contributed by atoms with Gasteiger partial charge in [-0.1, -0.05) is 6.92 Å². The van der Waals surface area contributed by atoms with Crippen LogP contribution in [0.1, 0.15) is 19.8 Å². The Morgan fingerprint density at radius 1 is 1.50 bits per heavy atom. The van der Waals surface area contributed by atoms with Crippen molar-refractivity contribution in [2.75, 3.05) is 20.3 Å². The number of nitrogens with one attached hydrogen (secondary N) is 1. The van der Waals surface area contributed by atoms with Crippen molar-refractivity contribution in [3.63, 3.8) is 0 Å². The molecule has 0 radical (unpaired) electrons. The lowest BCUT2D eigenvalue weighted by Gasteiger charge is -2.21. The largest absolute Gasteiger partial charge is 0.381 e. The second-order valence-electron chi connectivity index (χ2n) is 4.95. The summed E-state index contributed by atoms with van der Waals surface area (Å²) in [6.45, 7) is 5.24. The lowest BCUT2D eigenvalue weighted by Crippen LogP contribution is -2.40. The minimum absolute atomic E-state index is 0.0935. The van der Waals surface area contributed by atoms with Gasteiger partial charge in [0.05, 0.1) is 6.61 Å². The molecular weight excluding hydrogens is 230 g/mol. The third kappa shape index (κ3) is 2.84. The summed E-state index contributed by atoms with van der Waals surface area (Å²) in [5, 5.41) is 3.31. The number of likely N-dealkylation sites (N-methyl/N-ethyl adjacent to an activating group) is 1. The van der Waals surface area contributed by atoms with Crippen LogP contribution in [0.3, 0.4) is 0 Å². The Morgan fingerprint density at radius 3 is 2.89 bits per heavy atom. The van der Waals surface area contributed by atoms with Crippen molar-refractivity contribution < 1.29 is 4.74 Å². The fraction of sp³-hybridized carbons (Fsp3) is 0.769. The van der Waals surface area contributed by atoms with Crippen LogP contribution in [0.4, 0.5) is 0 Å². The van der Waals surface area contributed by atoms with Gasteiger partial charge in [0, 0.05) is 44.0 Å². The zero-order valence-electron chi connectivity index (χ0n) is 11.3. The Balaban J connectivity index is 2.04. The number of ether oxygens (including phenoxy) is 1. The van der Waals surface area contributed by atoms with E-state index in [1.807, 2.05) is 19.4 Å². The van der Waals surface area contributed by atoms with E-state index in [-0.39, 0.29) is 5.69 Å². The predicted molar refractivity (Wildman–Crippen MR) is 70.8 cm³/mol. The van der Waals surface area contributed by atoms with Crippen LogP contribution in [-0.2, 0) is 17.8 Å². The molecule has 1 fully saturated rings. The number of rotatable bonds is 6. The molecule has 1 aromatic rings. The third-order valence-electron chi connectivity index (χ3n) is 3.68. The van der Waals surface area contributed by atoms with Crippen molar-refractivity contribution in [3.05, 3.63) is 22.9 Å². The first-order valence-corrected chi connectivity index (χ1v) is 6.76. The normalized spacial score (nSPS) is 21.3. The van der Waals surface area contributed by atoms with Gasteiger partial charge in [-0.25, -0.2) is 4.79 Å². The van der Waals surface area contributed by atoms with Crippen LogP contribution in [0.15, 0.2) is 17.2 Å². The number of hydrogen-bond donors (Lipinski definition) is 1. The number of nitrogens with zero attached hydrogens (tertiary/aromatic N) is 2. The number of aryl methyl sites for hydroxylation is 1. The number of imidazole rings is 1. The first-order chi connectivity index (χ1) is 8.76. The van der Waals surface area contributed by atoms with Crippen LogP contribution >= 0.6 is 0 Å². The van der Waals surface area contributed by atoms with Crippen molar-refractivity contribution in [1.82, 2.24) is 14.5 Å². The van der Waals surface area contributed by atoms with Gasteiger partial charge in [0.1, 0.15) is 0 Å². The summed E-state index contributed by atoms with van der Waals surface area (Å²) in [7, 11) is 1.96. The summed E-state index contributed by atoms with van der Waals surface area (Å²) >= 11 is 0. The van der Waals surface area contributed by atoms with E-state index in [0.29, 0.717) is 12.0 Å². The first-order valence-electron chi connectivity index (χ1n) is 6.76. The van der Waals surface area contributed by atoms with Crippen molar-refractivity contribution in [3.8, 4) is 0 Å². The summed E-state index contributed by atoms with van der Waals surface area (Å²) in [4.78, 5) is 12.1. The minimum Gasteiger partial charge on any atom is -0.381 e. The lowest BCUT2D eigenvalue weighted by molar-refractivity contribution is 0.174. The molecular formula is C13H23N3O2. The third-order valence-corrected chi connectivity index (χ3v) is 3.68. The smallest absolute Gasteiger partial charge is 0.328 e. The van der Waals surface area contributed by atoms with E-state index in [9.17, 15) is 4.79 Å². The Morgan fingerprint density at radius 2 is 2.28 bits per heavy atom. The fourth-order valence-corrected chi connectivity index (χ4v) is 2.56. The molecule has 0 spiro atoms. The van der Waals surface area contributed by atoms with Gasteiger partial charge in [0.15, 0.2) is 0 Å². The highest BCUT2D eigenvalue weighted by atomic mass is 16.5. The van der Waals surface area contributed by atoms with Gasteiger partial charge in [-0.15, -0.1) is 0 Å². The molecule has 0 aromatic carbocycles. The summed E-state index contributed by atoms with van der Waals surface area (Å²) in [6, 6.07) is 0.308. The number of aromatic nitrogens is 2. The second kappa shape index (κ2) is 6.20. The van der Waals surface area contributed by atoms with Gasteiger partial charge < -0.3 is 10.1 Å². The first kappa shape index (κ1) is 13.4. The highest BCUT2D eigenvalue weighted by Crippen LogP contribution is 2.17. The maximum atomic E-state index is 12.1. The monoisotopic (exact) mass is 253 g/mol. The van der Waals surface area contributed by atoms with Crippen molar-refractivity contribution in [2.45, 2.75) is 38.9 Å². The summed E-state index contributed by atoms with van der Waals surface area (Å²) in [6.07, 6.45) is 5.83. The van der Waals surface area contributed by atoms with Gasteiger partial charge in [-0.3, -0.25) is 9.13 Å². The average Bonchev–Trinajstić information content (AvgIpc) is 3.00. The molecule has 1 aliphatic rings. The molecule has 2 unspecified atom stereocenters. The topological polar surface area (TPSA) is 48.2 Å². The lowest BCUT2D eigenvalue weighted by atomic mass is 9.99. The molecule has 102 valence electrons. The van der Waals surface area contributed by atoms with Crippen LogP contribution in [0.25, 0.3) is 0 Å². The maximum absolute atomic E-state index is 12.1. The zero-order chi connectivity index (χ0) is 13.0. The molecule has 0 saturated carbocycles. The Kier molecular flexibility index (Phi) is 4.60. The van der Waals surface area contributed by atoms with Crippen molar-refractivity contribution >= 4 is 0 Å². The zero-order valence-corrected chi connectivity index (χ0v) is 11.3. The van der Waals surface area contributed by atoms with Crippen molar-refractivity contribution in [2.24, 2.45) is 5.92 Å². The van der Waals surface area contributed by atoms with Gasteiger partial charge in [0.25, 0.3) is 0 Å². The Labute approximate surface area is 108 Å². The van der Waals surface area contributed by atoms with E-state index in [0.717, 1.165) is 39.1 Å². The van der Waals surface area contributed by atoms with Gasteiger partial charge in [0.2, 0.25) is 0 Å². The summed E-state index contributed by atoms with van der Waals surface area (Å²) in [5.74, 6) is 0.511. The number of hydrogen-bond acceptors (Lipinski definition) is 3. The molecule has 1 N–H and O–H groups in total. The molecule has 18 heavy (non-hydrogen) atoms. The molecule has 0 aliphatic carbocycles. The van der Waals surface area contributed by atoms with E-state index in [1.54, 1.807) is 9.13 Å². The van der Waals surface area contributed by atoms with E-state index in [1.165, 1.54) is 0 Å². The van der Waals surface area contributed by atoms with Gasteiger partial charge >= 0.3 is 5.69 Å². The highest BCUT2D eigenvalue weighted by Gasteiger charge is 2.25. The Hall–Kier alpha value is -1.07.